The van der Waals surface area contributed by atoms with Crippen molar-refractivity contribution in [2.75, 3.05) is 44.3 Å². The third-order valence-corrected chi connectivity index (χ3v) is 4.86. The summed E-state index contributed by atoms with van der Waals surface area (Å²) in [5, 5.41) is 0. The van der Waals surface area contributed by atoms with Crippen LogP contribution < -0.4 is 9.64 Å². The molecule has 2 aromatic carbocycles. The van der Waals surface area contributed by atoms with Gasteiger partial charge in [0.1, 0.15) is 18.5 Å². The highest BCUT2D eigenvalue weighted by Gasteiger charge is 2.23. The Bertz CT molecular complexity index is 794. The lowest BCUT2D eigenvalue weighted by molar-refractivity contribution is -0.126. The Hall–Kier alpha value is -2.79. The van der Waals surface area contributed by atoms with Crippen LogP contribution in [-0.4, -0.2) is 56.3 Å². The number of benzene rings is 2. The lowest BCUT2D eigenvalue weighted by Gasteiger charge is -2.35. The molecule has 1 amide bonds. The molecule has 0 aliphatic carbocycles. The Morgan fingerprint density at radius 3 is 2.48 bits per heavy atom. The van der Waals surface area contributed by atoms with Gasteiger partial charge in [0.05, 0.1) is 6.61 Å². The zero-order valence-corrected chi connectivity index (χ0v) is 15.3. The second-order valence-corrected chi connectivity index (χ2v) is 6.79. The third kappa shape index (κ3) is 4.68. The Kier molecular flexibility index (Phi) is 5.39. The highest BCUT2D eigenvalue weighted by atomic mass is 16.6. The summed E-state index contributed by atoms with van der Waals surface area (Å²) in [7, 11) is 0. The second kappa shape index (κ2) is 8.27. The highest BCUT2D eigenvalue weighted by molar-refractivity contribution is 5.92. The fourth-order valence-electron chi connectivity index (χ4n) is 3.19. The van der Waals surface area contributed by atoms with Gasteiger partial charge in [0.2, 0.25) is 5.91 Å². The standard InChI is InChI=1S/C22H24N2O3/c25-22(24-14-12-23(13-15-24)19-7-2-1-3-8-19)11-10-18-6-4-5-9-21(18)27-17-20-16-26-20/h1-11,20H,12-17H2/b11-10+. The fraction of sp³-hybridized carbons (Fsp3) is 0.318. The molecule has 0 saturated carbocycles. The molecular weight excluding hydrogens is 340 g/mol. The molecule has 0 radical (unpaired) electrons. The molecule has 0 aromatic heterocycles. The summed E-state index contributed by atoms with van der Waals surface area (Å²) in [5.74, 6) is 0.828. The number of amides is 1. The molecule has 2 heterocycles. The molecule has 140 valence electrons. The Morgan fingerprint density at radius 2 is 1.74 bits per heavy atom. The molecule has 4 rings (SSSR count). The molecule has 2 saturated heterocycles. The van der Waals surface area contributed by atoms with Crippen LogP contribution in [0.25, 0.3) is 6.08 Å². The molecule has 2 aromatic rings. The summed E-state index contributed by atoms with van der Waals surface area (Å²) < 4.78 is 11.0. The zero-order chi connectivity index (χ0) is 18.5. The SMILES string of the molecule is O=C(/C=C/c1ccccc1OCC1CO1)N1CCN(c2ccccc2)CC1. The van der Waals surface area contributed by atoms with Crippen LogP contribution in [-0.2, 0) is 9.53 Å². The monoisotopic (exact) mass is 364 g/mol. The van der Waals surface area contributed by atoms with Crippen molar-refractivity contribution in [3.8, 4) is 5.75 Å². The Morgan fingerprint density at radius 1 is 1.04 bits per heavy atom. The van der Waals surface area contributed by atoms with Gasteiger partial charge in [-0.15, -0.1) is 0 Å². The van der Waals surface area contributed by atoms with Crippen molar-refractivity contribution in [2.45, 2.75) is 6.10 Å². The van der Waals surface area contributed by atoms with E-state index in [4.69, 9.17) is 9.47 Å². The van der Waals surface area contributed by atoms with E-state index in [-0.39, 0.29) is 12.0 Å². The quantitative estimate of drug-likeness (QED) is 0.584. The highest BCUT2D eigenvalue weighted by Crippen LogP contribution is 2.22. The minimum absolute atomic E-state index is 0.0445. The number of carbonyl (C=O) groups excluding carboxylic acids is 1. The predicted molar refractivity (Wildman–Crippen MR) is 106 cm³/mol. The molecule has 1 unspecified atom stereocenters. The van der Waals surface area contributed by atoms with Gasteiger partial charge in [-0.3, -0.25) is 4.79 Å². The number of ether oxygens (including phenoxy) is 2. The van der Waals surface area contributed by atoms with Gasteiger partial charge in [0.25, 0.3) is 0 Å². The summed E-state index contributed by atoms with van der Waals surface area (Å²) >= 11 is 0. The third-order valence-electron chi connectivity index (χ3n) is 4.86. The maximum atomic E-state index is 12.6. The molecular formula is C22H24N2O3. The van der Waals surface area contributed by atoms with Crippen molar-refractivity contribution in [1.29, 1.82) is 0 Å². The lowest BCUT2D eigenvalue weighted by Crippen LogP contribution is -2.48. The van der Waals surface area contributed by atoms with Crippen molar-refractivity contribution < 1.29 is 14.3 Å². The van der Waals surface area contributed by atoms with Gasteiger partial charge >= 0.3 is 0 Å². The number of anilines is 1. The van der Waals surface area contributed by atoms with Gasteiger partial charge in [-0.25, -0.2) is 0 Å². The van der Waals surface area contributed by atoms with E-state index in [9.17, 15) is 4.79 Å². The summed E-state index contributed by atoms with van der Waals surface area (Å²) in [6.07, 6.45) is 3.70. The first kappa shape index (κ1) is 17.6. The largest absolute Gasteiger partial charge is 0.490 e. The van der Waals surface area contributed by atoms with Crippen LogP contribution in [0, 0.1) is 0 Å². The number of hydrogen-bond donors (Lipinski definition) is 0. The molecule has 0 spiro atoms. The molecule has 0 bridgehead atoms. The molecule has 5 heteroatoms. The Labute approximate surface area is 159 Å². The first-order valence-electron chi connectivity index (χ1n) is 9.40. The molecule has 27 heavy (non-hydrogen) atoms. The van der Waals surface area contributed by atoms with Gasteiger partial charge in [0, 0.05) is 43.5 Å². The van der Waals surface area contributed by atoms with E-state index in [1.807, 2.05) is 53.4 Å². The second-order valence-electron chi connectivity index (χ2n) is 6.79. The van der Waals surface area contributed by atoms with E-state index in [1.165, 1.54) is 5.69 Å². The fourth-order valence-corrected chi connectivity index (χ4v) is 3.19. The molecule has 1 atom stereocenters. The minimum Gasteiger partial charge on any atom is -0.490 e. The summed E-state index contributed by atoms with van der Waals surface area (Å²) in [5.41, 5.74) is 2.13. The minimum atomic E-state index is 0.0445. The lowest BCUT2D eigenvalue weighted by atomic mass is 10.1. The van der Waals surface area contributed by atoms with Crippen LogP contribution in [0.2, 0.25) is 0 Å². The van der Waals surface area contributed by atoms with Crippen molar-refractivity contribution in [3.05, 3.63) is 66.2 Å². The molecule has 2 fully saturated rings. The number of epoxide rings is 1. The first-order valence-corrected chi connectivity index (χ1v) is 9.40. The van der Waals surface area contributed by atoms with E-state index in [2.05, 4.69) is 17.0 Å². The maximum absolute atomic E-state index is 12.6. The number of piperazine rings is 1. The van der Waals surface area contributed by atoms with Gasteiger partial charge < -0.3 is 19.3 Å². The molecule has 0 N–H and O–H groups in total. The Balaban J connectivity index is 1.33. The maximum Gasteiger partial charge on any atom is 0.246 e. The van der Waals surface area contributed by atoms with Crippen LogP contribution in [0.15, 0.2) is 60.7 Å². The molecule has 2 aliphatic heterocycles. The topological polar surface area (TPSA) is 45.3 Å². The predicted octanol–water partition coefficient (Wildman–Crippen LogP) is 2.83. The first-order chi connectivity index (χ1) is 13.3. The van der Waals surface area contributed by atoms with Crippen molar-refractivity contribution >= 4 is 17.7 Å². The summed E-state index contributed by atoms with van der Waals surface area (Å²) in [6.45, 7) is 4.49. The van der Waals surface area contributed by atoms with Gasteiger partial charge in [-0.2, -0.15) is 0 Å². The number of nitrogens with zero attached hydrogens (tertiary/aromatic N) is 2. The van der Waals surface area contributed by atoms with Crippen LogP contribution >= 0.6 is 0 Å². The molecule has 2 aliphatic rings. The van der Waals surface area contributed by atoms with Crippen molar-refractivity contribution in [3.63, 3.8) is 0 Å². The van der Waals surface area contributed by atoms with Crippen LogP contribution in [0.3, 0.4) is 0 Å². The van der Waals surface area contributed by atoms with Crippen LogP contribution in [0.4, 0.5) is 5.69 Å². The van der Waals surface area contributed by atoms with E-state index < -0.39 is 0 Å². The normalized spacial score (nSPS) is 19.3. The summed E-state index contributed by atoms with van der Waals surface area (Å²) in [6, 6.07) is 18.1. The van der Waals surface area contributed by atoms with Crippen LogP contribution in [0.1, 0.15) is 5.56 Å². The number of para-hydroxylation sites is 2. The van der Waals surface area contributed by atoms with E-state index in [1.54, 1.807) is 6.08 Å². The molecule has 5 nitrogen and oxygen atoms in total. The van der Waals surface area contributed by atoms with Gasteiger partial charge in [0.15, 0.2) is 0 Å². The smallest absolute Gasteiger partial charge is 0.246 e. The average molecular weight is 364 g/mol. The number of rotatable bonds is 6. The van der Waals surface area contributed by atoms with Crippen molar-refractivity contribution in [2.24, 2.45) is 0 Å². The van der Waals surface area contributed by atoms with Gasteiger partial charge in [-0.05, 0) is 24.3 Å². The van der Waals surface area contributed by atoms with E-state index in [0.717, 1.165) is 44.1 Å². The number of carbonyl (C=O) groups is 1. The van der Waals surface area contributed by atoms with Crippen LogP contribution in [0.5, 0.6) is 5.75 Å². The van der Waals surface area contributed by atoms with Crippen molar-refractivity contribution in [1.82, 2.24) is 4.90 Å². The average Bonchev–Trinajstić information content (AvgIpc) is 3.56. The zero-order valence-electron chi connectivity index (χ0n) is 15.3. The van der Waals surface area contributed by atoms with Gasteiger partial charge in [-0.1, -0.05) is 36.4 Å². The summed E-state index contributed by atoms with van der Waals surface area (Å²) in [4.78, 5) is 16.8. The van der Waals surface area contributed by atoms with E-state index in [0.29, 0.717) is 6.61 Å². The van der Waals surface area contributed by atoms with E-state index >= 15 is 0 Å². The number of hydrogen-bond acceptors (Lipinski definition) is 4.